The van der Waals surface area contributed by atoms with E-state index in [9.17, 15) is 0 Å². The molecule has 1 fully saturated rings. The second kappa shape index (κ2) is 7.96. The van der Waals surface area contributed by atoms with Crippen LogP contribution in [-0.2, 0) is 0 Å². The highest BCUT2D eigenvalue weighted by Gasteiger charge is 2.26. The van der Waals surface area contributed by atoms with Crippen LogP contribution in [0.4, 0.5) is 0 Å². The molecule has 1 unspecified atom stereocenters. The predicted octanol–water partition coefficient (Wildman–Crippen LogP) is 5.15. The minimum absolute atomic E-state index is 0.633. The molecule has 1 aliphatic carbocycles. The van der Waals surface area contributed by atoms with Crippen LogP contribution in [0.1, 0.15) is 69.2 Å². The molecule has 1 aromatic heterocycles. The SMILES string of the molecule is CCCCCCNC(c1cccs1)C1CCCC1. The van der Waals surface area contributed by atoms with E-state index in [2.05, 4.69) is 29.8 Å². The molecule has 0 spiro atoms. The highest BCUT2D eigenvalue weighted by molar-refractivity contribution is 7.10. The lowest BCUT2D eigenvalue weighted by atomic mass is 9.96. The predicted molar refractivity (Wildman–Crippen MR) is 81.2 cm³/mol. The van der Waals surface area contributed by atoms with E-state index in [4.69, 9.17) is 0 Å². The van der Waals surface area contributed by atoms with E-state index in [-0.39, 0.29) is 0 Å². The monoisotopic (exact) mass is 265 g/mol. The average molecular weight is 265 g/mol. The number of unbranched alkanes of at least 4 members (excludes halogenated alkanes) is 3. The molecule has 0 amide bonds. The smallest absolute Gasteiger partial charge is 0.0443 e. The molecule has 1 atom stereocenters. The third-order valence-electron chi connectivity index (χ3n) is 4.12. The number of hydrogen-bond donors (Lipinski definition) is 1. The molecule has 1 nitrogen and oxygen atoms in total. The first-order valence-electron chi connectivity index (χ1n) is 7.68. The zero-order valence-corrected chi connectivity index (χ0v) is 12.5. The minimum Gasteiger partial charge on any atom is -0.309 e. The molecular formula is C16H27NS. The lowest BCUT2D eigenvalue weighted by Gasteiger charge is -2.24. The number of rotatable bonds is 8. The van der Waals surface area contributed by atoms with Gasteiger partial charge >= 0.3 is 0 Å². The molecule has 2 heteroatoms. The Morgan fingerprint density at radius 3 is 2.78 bits per heavy atom. The average Bonchev–Trinajstić information content (AvgIpc) is 3.06. The molecule has 1 N–H and O–H groups in total. The molecule has 1 heterocycles. The third-order valence-corrected chi connectivity index (χ3v) is 5.07. The van der Waals surface area contributed by atoms with Crippen LogP contribution in [-0.4, -0.2) is 6.54 Å². The van der Waals surface area contributed by atoms with Crippen LogP contribution in [0.5, 0.6) is 0 Å². The molecule has 1 aromatic rings. The molecule has 1 aliphatic rings. The van der Waals surface area contributed by atoms with Crippen molar-refractivity contribution in [1.82, 2.24) is 5.32 Å². The molecule has 0 bridgehead atoms. The van der Waals surface area contributed by atoms with Crippen LogP contribution >= 0.6 is 11.3 Å². The number of nitrogens with one attached hydrogen (secondary N) is 1. The van der Waals surface area contributed by atoms with Gasteiger partial charge in [0.05, 0.1) is 0 Å². The van der Waals surface area contributed by atoms with E-state index in [1.807, 2.05) is 11.3 Å². The first-order chi connectivity index (χ1) is 8.92. The largest absolute Gasteiger partial charge is 0.309 e. The van der Waals surface area contributed by atoms with Crippen molar-refractivity contribution < 1.29 is 0 Å². The van der Waals surface area contributed by atoms with Crippen molar-refractivity contribution in [2.45, 2.75) is 64.3 Å². The summed E-state index contributed by atoms with van der Waals surface area (Å²) in [6.45, 7) is 3.47. The fourth-order valence-electron chi connectivity index (χ4n) is 3.07. The number of hydrogen-bond acceptors (Lipinski definition) is 2. The van der Waals surface area contributed by atoms with Crippen molar-refractivity contribution in [2.24, 2.45) is 5.92 Å². The minimum atomic E-state index is 0.633. The molecule has 1 saturated carbocycles. The van der Waals surface area contributed by atoms with Crippen LogP contribution in [0.2, 0.25) is 0 Å². The third kappa shape index (κ3) is 4.10. The van der Waals surface area contributed by atoms with Gasteiger partial charge in [0.2, 0.25) is 0 Å². The quantitative estimate of drug-likeness (QED) is 0.641. The Bertz CT molecular complexity index is 301. The van der Waals surface area contributed by atoms with Gasteiger partial charge in [-0.15, -0.1) is 11.3 Å². The fourth-order valence-corrected chi connectivity index (χ4v) is 3.96. The highest BCUT2D eigenvalue weighted by atomic mass is 32.1. The van der Waals surface area contributed by atoms with Gasteiger partial charge in [-0.2, -0.15) is 0 Å². The summed E-state index contributed by atoms with van der Waals surface area (Å²) in [6.07, 6.45) is 11.1. The van der Waals surface area contributed by atoms with Crippen LogP contribution < -0.4 is 5.32 Å². The Hall–Kier alpha value is -0.340. The van der Waals surface area contributed by atoms with E-state index in [0.29, 0.717) is 6.04 Å². The standard InChI is InChI=1S/C16H27NS/c1-2-3-4-7-12-17-16(14-9-5-6-10-14)15-11-8-13-18-15/h8,11,13-14,16-17H,2-7,9-10,12H2,1H3. The van der Waals surface area contributed by atoms with Gasteiger partial charge < -0.3 is 5.32 Å². The Kier molecular flexibility index (Phi) is 6.22. The van der Waals surface area contributed by atoms with E-state index < -0.39 is 0 Å². The second-order valence-corrected chi connectivity index (χ2v) is 6.53. The summed E-state index contributed by atoms with van der Waals surface area (Å²) in [5.41, 5.74) is 0. The Morgan fingerprint density at radius 2 is 2.11 bits per heavy atom. The summed E-state index contributed by atoms with van der Waals surface area (Å²) < 4.78 is 0. The van der Waals surface area contributed by atoms with Crippen molar-refractivity contribution >= 4 is 11.3 Å². The maximum atomic E-state index is 3.83. The van der Waals surface area contributed by atoms with Crippen molar-refractivity contribution in [1.29, 1.82) is 0 Å². The van der Waals surface area contributed by atoms with Gasteiger partial charge in [0, 0.05) is 10.9 Å². The Balaban J connectivity index is 1.81. The summed E-state index contributed by atoms with van der Waals surface area (Å²) in [5, 5.41) is 6.05. The maximum Gasteiger partial charge on any atom is 0.0443 e. The van der Waals surface area contributed by atoms with Gasteiger partial charge in [-0.05, 0) is 43.2 Å². The van der Waals surface area contributed by atoms with Gasteiger partial charge in [-0.25, -0.2) is 0 Å². The summed E-state index contributed by atoms with van der Waals surface area (Å²) in [6, 6.07) is 5.14. The van der Waals surface area contributed by atoms with Crippen molar-refractivity contribution in [3.05, 3.63) is 22.4 Å². The lowest BCUT2D eigenvalue weighted by Crippen LogP contribution is -2.27. The lowest BCUT2D eigenvalue weighted by molar-refractivity contribution is 0.368. The zero-order chi connectivity index (χ0) is 12.6. The summed E-state index contributed by atoms with van der Waals surface area (Å²) in [4.78, 5) is 1.55. The Labute approximate surface area is 116 Å². The summed E-state index contributed by atoms with van der Waals surface area (Å²) >= 11 is 1.92. The molecule has 0 radical (unpaired) electrons. The number of thiophene rings is 1. The second-order valence-electron chi connectivity index (χ2n) is 5.55. The van der Waals surface area contributed by atoms with Gasteiger partial charge in [-0.1, -0.05) is 45.1 Å². The maximum absolute atomic E-state index is 3.83. The van der Waals surface area contributed by atoms with Gasteiger partial charge in [0.15, 0.2) is 0 Å². The van der Waals surface area contributed by atoms with Gasteiger partial charge in [-0.3, -0.25) is 0 Å². The van der Waals surface area contributed by atoms with Crippen molar-refractivity contribution in [2.75, 3.05) is 6.54 Å². The summed E-state index contributed by atoms with van der Waals surface area (Å²) in [7, 11) is 0. The molecule has 18 heavy (non-hydrogen) atoms. The zero-order valence-electron chi connectivity index (χ0n) is 11.7. The van der Waals surface area contributed by atoms with Crippen LogP contribution in [0.3, 0.4) is 0 Å². The van der Waals surface area contributed by atoms with E-state index >= 15 is 0 Å². The van der Waals surface area contributed by atoms with Crippen LogP contribution in [0.25, 0.3) is 0 Å². The highest BCUT2D eigenvalue weighted by Crippen LogP contribution is 2.37. The molecular weight excluding hydrogens is 238 g/mol. The topological polar surface area (TPSA) is 12.0 Å². The molecule has 2 rings (SSSR count). The molecule has 0 saturated heterocycles. The van der Waals surface area contributed by atoms with Crippen molar-refractivity contribution in [3.63, 3.8) is 0 Å². The van der Waals surface area contributed by atoms with E-state index in [0.717, 1.165) is 5.92 Å². The van der Waals surface area contributed by atoms with Crippen molar-refractivity contribution in [3.8, 4) is 0 Å². The van der Waals surface area contributed by atoms with Gasteiger partial charge in [0.25, 0.3) is 0 Å². The fraction of sp³-hybridized carbons (Fsp3) is 0.750. The first-order valence-corrected chi connectivity index (χ1v) is 8.56. The first kappa shape index (κ1) is 14.1. The van der Waals surface area contributed by atoms with Gasteiger partial charge in [0.1, 0.15) is 0 Å². The van der Waals surface area contributed by atoms with E-state index in [1.54, 1.807) is 4.88 Å². The Morgan fingerprint density at radius 1 is 1.28 bits per heavy atom. The van der Waals surface area contributed by atoms with Crippen LogP contribution in [0, 0.1) is 5.92 Å². The molecule has 0 aliphatic heterocycles. The molecule has 0 aromatic carbocycles. The normalized spacial score (nSPS) is 18.3. The van der Waals surface area contributed by atoms with Crippen LogP contribution in [0.15, 0.2) is 17.5 Å². The summed E-state index contributed by atoms with van der Waals surface area (Å²) in [5.74, 6) is 0.884. The molecule has 102 valence electrons. The van der Waals surface area contributed by atoms with E-state index in [1.165, 1.54) is 57.9 Å².